The summed E-state index contributed by atoms with van der Waals surface area (Å²) in [5.74, 6) is -1.60. The van der Waals surface area contributed by atoms with Gasteiger partial charge in [0.1, 0.15) is 6.54 Å². The molecule has 0 aliphatic rings. The molecule has 10 heteroatoms. The Morgan fingerprint density at radius 1 is 1.17 bits per heavy atom. The largest absolute Gasteiger partial charge is 0.493 e. The van der Waals surface area contributed by atoms with Gasteiger partial charge in [0.05, 0.1) is 17.0 Å². The monoisotopic (exact) mass is 396 g/mol. The van der Waals surface area contributed by atoms with E-state index in [2.05, 4.69) is 10.2 Å². The number of hydrogen-bond donors (Lipinski definition) is 1. The number of nitrogens with zero attached hydrogens (tertiary/aromatic N) is 4. The third-order valence-electron chi connectivity index (χ3n) is 4.08. The van der Waals surface area contributed by atoms with Crippen LogP contribution in [0.2, 0.25) is 0 Å². The molecule has 1 heterocycles. The molecule has 10 nitrogen and oxygen atoms in total. The second-order valence-electron chi connectivity index (χ2n) is 5.89. The van der Waals surface area contributed by atoms with Gasteiger partial charge in [-0.05, 0) is 25.1 Å². The van der Waals surface area contributed by atoms with Crippen molar-refractivity contribution in [3.8, 4) is 5.88 Å². The molecule has 0 spiro atoms. The number of aromatic nitrogens is 1. The summed E-state index contributed by atoms with van der Waals surface area (Å²) in [6.45, 7) is 1.65. The number of hydrogen-bond acceptors (Lipinski definition) is 7. The van der Waals surface area contributed by atoms with Crippen molar-refractivity contribution in [1.29, 1.82) is 0 Å². The number of carbonyl (C=O) groups is 2. The van der Waals surface area contributed by atoms with Crippen LogP contribution in [-0.4, -0.2) is 33.1 Å². The second kappa shape index (κ2) is 8.30. The number of benzene rings is 2. The van der Waals surface area contributed by atoms with Gasteiger partial charge in [0.25, 0.3) is 11.6 Å². The molecule has 0 bridgehead atoms. The van der Waals surface area contributed by atoms with Crippen LogP contribution < -0.4 is 0 Å². The first kappa shape index (κ1) is 19.7. The molecule has 0 radical (unpaired) electrons. The van der Waals surface area contributed by atoms with Gasteiger partial charge in [0.15, 0.2) is 5.69 Å². The lowest BCUT2D eigenvalue weighted by molar-refractivity contribution is -0.384. The molecule has 0 saturated heterocycles. The first-order valence-electron chi connectivity index (χ1n) is 8.58. The fourth-order valence-electron chi connectivity index (χ4n) is 2.74. The van der Waals surface area contributed by atoms with E-state index in [0.29, 0.717) is 10.9 Å². The zero-order valence-corrected chi connectivity index (χ0v) is 15.3. The maximum Gasteiger partial charge on any atom is 0.326 e. The molecule has 0 unspecified atom stereocenters. The molecule has 1 N–H and O–H groups in total. The highest BCUT2D eigenvalue weighted by atomic mass is 16.6. The standard InChI is InChI=1S/C19H16N4O6/c1-2-29-16(24)11-22-15-6-4-3-5-14(15)17(19(22)26)20-21-18(25)12-7-9-13(10-8-12)23(27)28/h3-10,26H,2,11H2,1H3. The highest BCUT2D eigenvalue weighted by Gasteiger charge is 2.19. The van der Waals surface area contributed by atoms with Crippen molar-refractivity contribution in [1.82, 2.24) is 4.57 Å². The van der Waals surface area contributed by atoms with Crippen molar-refractivity contribution in [2.45, 2.75) is 13.5 Å². The Kier molecular flexibility index (Phi) is 5.63. The van der Waals surface area contributed by atoms with E-state index in [4.69, 9.17) is 4.74 Å². The molecule has 29 heavy (non-hydrogen) atoms. The minimum absolute atomic E-state index is 0.0279. The molecule has 0 aliphatic heterocycles. The summed E-state index contributed by atoms with van der Waals surface area (Å²) < 4.78 is 6.23. The number of aromatic hydroxyl groups is 1. The number of para-hydroxylation sites is 1. The number of non-ortho nitro benzene ring substituents is 1. The highest BCUT2D eigenvalue weighted by Crippen LogP contribution is 2.38. The van der Waals surface area contributed by atoms with Gasteiger partial charge in [-0.2, -0.15) is 0 Å². The van der Waals surface area contributed by atoms with Gasteiger partial charge < -0.3 is 9.84 Å². The minimum Gasteiger partial charge on any atom is -0.493 e. The Bertz CT molecular complexity index is 1120. The summed E-state index contributed by atoms with van der Waals surface area (Å²) in [6, 6.07) is 11.7. The molecule has 2 aromatic carbocycles. The summed E-state index contributed by atoms with van der Waals surface area (Å²) in [5.41, 5.74) is 0.502. The summed E-state index contributed by atoms with van der Waals surface area (Å²) in [4.78, 5) is 34.2. The highest BCUT2D eigenvalue weighted by molar-refractivity contribution is 5.98. The van der Waals surface area contributed by atoms with Crippen molar-refractivity contribution >= 4 is 34.2 Å². The number of azo groups is 1. The van der Waals surface area contributed by atoms with Crippen molar-refractivity contribution in [2.75, 3.05) is 6.61 Å². The Morgan fingerprint density at radius 2 is 1.86 bits per heavy atom. The summed E-state index contributed by atoms with van der Waals surface area (Å²) in [5, 5.41) is 29.2. The molecule has 0 aliphatic carbocycles. The quantitative estimate of drug-likeness (QED) is 0.292. The molecule has 1 amide bonds. The fourth-order valence-corrected chi connectivity index (χ4v) is 2.74. The Labute approximate surface area is 164 Å². The number of amides is 1. The summed E-state index contributed by atoms with van der Waals surface area (Å²) in [6.07, 6.45) is 0. The van der Waals surface area contributed by atoms with E-state index in [-0.39, 0.29) is 36.0 Å². The van der Waals surface area contributed by atoms with Crippen LogP contribution in [-0.2, 0) is 16.1 Å². The van der Waals surface area contributed by atoms with E-state index in [1.54, 1.807) is 31.2 Å². The average molecular weight is 396 g/mol. The minimum atomic E-state index is -0.735. The Morgan fingerprint density at radius 3 is 2.52 bits per heavy atom. The van der Waals surface area contributed by atoms with Crippen LogP contribution in [0.1, 0.15) is 17.3 Å². The third kappa shape index (κ3) is 4.10. The molecular weight excluding hydrogens is 380 g/mol. The fraction of sp³-hybridized carbons (Fsp3) is 0.158. The molecule has 0 fully saturated rings. The normalized spacial score (nSPS) is 11.1. The lowest BCUT2D eigenvalue weighted by atomic mass is 10.2. The van der Waals surface area contributed by atoms with Crippen LogP contribution in [0.25, 0.3) is 10.9 Å². The number of nitro groups is 1. The zero-order chi connectivity index (χ0) is 21.0. The van der Waals surface area contributed by atoms with E-state index < -0.39 is 16.8 Å². The number of carbonyl (C=O) groups excluding carboxylic acids is 2. The van der Waals surface area contributed by atoms with Crippen molar-refractivity contribution in [2.24, 2.45) is 10.2 Å². The van der Waals surface area contributed by atoms with Gasteiger partial charge >= 0.3 is 5.97 Å². The van der Waals surface area contributed by atoms with E-state index in [9.17, 15) is 24.8 Å². The van der Waals surface area contributed by atoms with Crippen LogP contribution in [0.4, 0.5) is 11.4 Å². The Balaban J connectivity index is 1.93. The van der Waals surface area contributed by atoms with Crippen LogP contribution in [0.3, 0.4) is 0 Å². The topological polar surface area (TPSA) is 136 Å². The van der Waals surface area contributed by atoms with E-state index >= 15 is 0 Å². The number of esters is 1. The molecule has 0 atom stereocenters. The molecule has 1 aromatic heterocycles. The predicted octanol–water partition coefficient (Wildman–Crippen LogP) is 3.74. The van der Waals surface area contributed by atoms with Crippen LogP contribution in [0.5, 0.6) is 5.88 Å². The summed E-state index contributed by atoms with van der Waals surface area (Å²) >= 11 is 0. The van der Waals surface area contributed by atoms with Gasteiger partial charge in [-0.3, -0.25) is 24.3 Å². The van der Waals surface area contributed by atoms with Crippen LogP contribution in [0, 0.1) is 10.1 Å². The van der Waals surface area contributed by atoms with Crippen molar-refractivity contribution in [3.05, 3.63) is 64.2 Å². The van der Waals surface area contributed by atoms with Crippen LogP contribution >= 0.6 is 0 Å². The molecule has 148 valence electrons. The maximum absolute atomic E-state index is 12.2. The first-order valence-corrected chi connectivity index (χ1v) is 8.58. The van der Waals surface area contributed by atoms with Crippen molar-refractivity contribution < 1.29 is 24.4 Å². The van der Waals surface area contributed by atoms with E-state index in [0.717, 1.165) is 0 Å². The molecule has 3 rings (SSSR count). The van der Waals surface area contributed by atoms with Gasteiger partial charge in [-0.25, -0.2) is 0 Å². The lowest BCUT2D eigenvalue weighted by Gasteiger charge is -2.06. The van der Waals surface area contributed by atoms with E-state index in [1.807, 2.05) is 0 Å². The predicted molar refractivity (Wildman–Crippen MR) is 102 cm³/mol. The smallest absolute Gasteiger partial charge is 0.326 e. The van der Waals surface area contributed by atoms with E-state index in [1.165, 1.54) is 28.8 Å². The summed E-state index contributed by atoms with van der Waals surface area (Å²) in [7, 11) is 0. The number of nitro benzene ring substituents is 1. The van der Waals surface area contributed by atoms with Gasteiger partial charge in [0, 0.05) is 23.1 Å². The van der Waals surface area contributed by atoms with Gasteiger partial charge in [-0.1, -0.05) is 18.2 Å². The molecule has 0 saturated carbocycles. The molecule has 3 aromatic rings. The number of ether oxygens (including phenoxy) is 1. The lowest BCUT2D eigenvalue weighted by Crippen LogP contribution is -2.12. The van der Waals surface area contributed by atoms with Gasteiger partial charge in [-0.15, -0.1) is 10.2 Å². The first-order chi connectivity index (χ1) is 13.9. The maximum atomic E-state index is 12.2. The Hall–Kier alpha value is -4.08. The van der Waals surface area contributed by atoms with Crippen LogP contribution in [0.15, 0.2) is 58.8 Å². The molecular formula is C19H16N4O6. The number of rotatable bonds is 6. The average Bonchev–Trinajstić information content (AvgIpc) is 2.97. The third-order valence-corrected chi connectivity index (χ3v) is 4.08. The number of fused-ring (bicyclic) bond motifs is 1. The van der Waals surface area contributed by atoms with Gasteiger partial charge in [0.2, 0.25) is 5.88 Å². The second-order valence-corrected chi connectivity index (χ2v) is 5.89. The zero-order valence-electron chi connectivity index (χ0n) is 15.3. The van der Waals surface area contributed by atoms with Crippen molar-refractivity contribution in [3.63, 3.8) is 0 Å². The SMILES string of the molecule is CCOC(=O)Cn1c(O)c(N=NC(=O)c2ccc([N+](=O)[O-])cc2)c2ccccc21.